The molecular weight excluding hydrogens is 356 g/mol. The molecule has 6 heteroatoms. The second kappa shape index (κ2) is 6.73. The largest absolute Gasteiger partial charge is 0.369 e. The van der Waals surface area contributed by atoms with Crippen molar-refractivity contribution in [2.24, 2.45) is 10.8 Å². The van der Waals surface area contributed by atoms with E-state index in [4.69, 9.17) is 0 Å². The molecule has 3 heterocycles. The molecule has 2 fully saturated rings. The van der Waals surface area contributed by atoms with Gasteiger partial charge < -0.3 is 10.2 Å². The number of likely N-dealkylation sites (tertiary alicyclic amines) is 1. The summed E-state index contributed by atoms with van der Waals surface area (Å²) in [5.74, 6) is 1.12. The van der Waals surface area contributed by atoms with Crippen molar-refractivity contribution in [1.29, 1.82) is 0 Å². The lowest BCUT2D eigenvalue weighted by atomic mass is 9.65. The molecule has 1 aliphatic carbocycles. The number of rotatable bonds is 5. The number of fused-ring (bicyclic) bond motifs is 3. The maximum Gasteiger partial charge on any atom is 0.224 e. The van der Waals surface area contributed by atoms with E-state index in [1.54, 1.807) is 17.7 Å². The monoisotopic (exact) mass is 386 g/mol. The molecule has 146 valence electrons. The molecule has 5 nitrogen and oxygen atoms in total. The van der Waals surface area contributed by atoms with E-state index in [1.807, 2.05) is 0 Å². The Labute approximate surface area is 165 Å². The third-order valence-corrected chi connectivity index (χ3v) is 7.28. The molecule has 1 saturated heterocycles. The highest BCUT2D eigenvalue weighted by Gasteiger charge is 2.50. The Morgan fingerprint density at radius 1 is 1.33 bits per heavy atom. The fourth-order valence-corrected chi connectivity index (χ4v) is 6.34. The molecule has 1 N–H and O–H groups in total. The minimum Gasteiger partial charge on any atom is -0.369 e. The Kier molecular flexibility index (Phi) is 4.65. The number of anilines is 1. The topological polar surface area (TPSA) is 58.1 Å². The molecule has 1 amide bonds. The first-order valence-corrected chi connectivity index (χ1v) is 10.9. The molecule has 2 bridgehead atoms. The third-order valence-electron chi connectivity index (χ3n) is 6.10. The highest BCUT2D eigenvalue weighted by Crippen LogP contribution is 2.52. The van der Waals surface area contributed by atoms with E-state index in [1.165, 1.54) is 11.3 Å². The molecule has 2 unspecified atom stereocenters. The number of carbonyl (C=O) groups excluding carboxylic acids is 1. The number of nitrogens with one attached hydrogen (secondary N) is 1. The minimum atomic E-state index is 0.277. The van der Waals surface area contributed by atoms with E-state index in [2.05, 4.69) is 53.9 Å². The highest BCUT2D eigenvalue weighted by molar-refractivity contribution is 7.18. The zero-order chi connectivity index (χ0) is 19.2. The Morgan fingerprint density at radius 2 is 2.15 bits per heavy atom. The van der Waals surface area contributed by atoms with Crippen molar-refractivity contribution in [3.63, 3.8) is 0 Å². The molecule has 0 radical (unpaired) electrons. The van der Waals surface area contributed by atoms with Crippen molar-refractivity contribution in [3.05, 3.63) is 17.3 Å². The van der Waals surface area contributed by atoms with Gasteiger partial charge in [-0.1, -0.05) is 27.7 Å². The van der Waals surface area contributed by atoms with Gasteiger partial charge in [-0.05, 0) is 42.6 Å². The Hall–Kier alpha value is -1.69. The molecule has 0 aromatic carbocycles. The lowest BCUT2D eigenvalue weighted by molar-refractivity contribution is -0.132. The lowest BCUT2D eigenvalue weighted by Gasteiger charge is -2.39. The molecule has 27 heavy (non-hydrogen) atoms. The van der Waals surface area contributed by atoms with Gasteiger partial charge in [-0.15, -0.1) is 11.3 Å². The van der Waals surface area contributed by atoms with Gasteiger partial charge in [0.15, 0.2) is 0 Å². The number of nitrogens with zero attached hydrogens (tertiary/aromatic N) is 3. The number of thiophene rings is 1. The van der Waals surface area contributed by atoms with Crippen LogP contribution >= 0.6 is 11.3 Å². The summed E-state index contributed by atoms with van der Waals surface area (Å²) in [4.78, 5) is 26.1. The Bertz CT molecular complexity index is 861. The van der Waals surface area contributed by atoms with E-state index in [-0.39, 0.29) is 5.91 Å². The predicted molar refractivity (Wildman–Crippen MR) is 111 cm³/mol. The van der Waals surface area contributed by atoms with Gasteiger partial charge in [-0.25, -0.2) is 9.97 Å². The first-order chi connectivity index (χ1) is 12.8. The SMILES string of the molecule is CCc1cc2c(NCCC(=O)N3CC4(C)CC3CC(C)(C)C4)ncnc2s1. The smallest absolute Gasteiger partial charge is 0.224 e. The molecule has 2 aromatic heterocycles. The zero-order valence-electron chi connectivity index (χ0n) is 16.8. The van der Waals surface area contributed by atoms with Crippen molar-refractivity contribution in [2.45, 2.75) is 65.8 Å². The quantitative estimate of drug-likeness (QED) is 0.823. The van der Waals surface area contributed by atoms with E-state index in [9.17, 15) is 4.79 Å². The van der Waals surface area contributed by atoms with Crippen molar-refractivity contribution >= 4 is 33.3 Å². The van der Waals surface area contributed by atoms with Crippen LogP contribution in [0.5, 0.6) is 0 Å². The number of aryl methyl sites for hydroxylation is 1. The van der Waals surface area contributed by atoms with E-state index in [0.717, 1.165) is 41.8 Å². The van der Waals surface area contributed by atoms with Crippen LogP contribution in [0.4, 0.5) is 5.82 Å². The van der Waals surface area contributed by atoms with Gasteiger partial charge in [-0.3, -0.25) is 4.79 Å². The van der Waals surface area contributed by atoms with Gasteiger partial charge >= 0.3 is 0 Å². The fourth-order valence-electron chi connectivity index (χ4n) is 5.40. The molecular formula is C21H30N4OS. The molecule has 0 spiro atoms. The van der Waals surface area contributed by atoms with Crippen LogP contribution in [0.15, 0.2) is 12.4 Å². The number of hydrogen-bond donors (Lipinski definition) is 1. The summed E-state index contributed by atoms with van der Waals surface area (Å²) in [5.41, 5.74) is 0.634. The van der Waals surface area contributed by atoms with Gasteiger partial charge in [0.25, 0.3) is 0 Å². The van der Waals surface area contributed by atoms with Gasteiger partial charge in [-0.2, -0.15) is 0 Å². The third kappa shape index (κ3) is 3.68. The van der Waals surface area contributed by atoms with Crippen LogP contribution in [0.1, 0.15) is 58.3 Å². The lowest BCUT2D eigenvalue weighted by Crippen LogP contribution is -2.38. The van der Waals surface area contributed by atoms with Gasteiger partial charge in [0.2, 0.25) is 5.91 Å². The summed E-state index contributed by atoms with van der Waals surface area (Å²) in [6, 6.07) is 2.58. The van der Waals surface area contributed by atoms with Crippen LogP contribution in [0.3, 0.4) is 0 Å². The van der Waals surface area contributed by atoms with Crippen LogP contribution in [0.25, 0.3) is 10.2 Å². The van der Waals surface area contributed by atoms with Crippen molar-refractivity contribution in [1.82, 2.24) is 14.9 Å². The van der Waals surface area contributed by atoms with Crippen molar-refractivity contribution in [3.8, 4) is 0 Å². The summed E-state index contributed by atoms with van der Waals surface area (Å²) >= 11 is 1.72. The summed E-state index contributed by atoms with van der Waals surface area (Å²) in [7, 11) is 0. The molecule has 2 aliphatic rings. The molecule has 1 saturated carbocycles. The van der Waals surface area contributed by atoms with Gasteiger partial charge in [0, 0.05) is 30.4 Å². The fraction of sp³-hybridized carbons (Fsp3) is 0.667. The maximum atomic E-state index is 12.9. The van der Waals surface area contributed by atoms with Crippen LogP contribution in [-0.2, 0) is 11.2 Å². The first kappa shape index (κ1) is 18.7. The normalized spacial score (nSPS) is 26.5. The van der Waals surface area contributed by atoms with E-state index < -0.39 is 0 Å². The predicted octanol–water partition coefficient (Wildman–Crippen LogP) is 4.48. The average molecular weight is 387 g/mol. The zero-order valence-corrected chi connectivity index (χ0v) is 17.7. The molecule has 2 atom stereocenters. The number of aromatic nitrogens is 2. The van der Waals surface area contributed by atoms with Crippen molar-refractivity contribution < 1.29 is 4.79 Å². The summed E-state index contributed by atoms with van der Waals surface area (Å²) < 4.78 is 0. The molecule has 1 aliphatic heterocycles. The minimum absolute atomic E-state index is 0.277. The molecule has 4 rings (SSSR count). The maximum absolute atomic E-state index is 12.9. The van der Waals surface area contributed by atoms with Crippen LogP contribution in [0, 0.1) is 10.8 Å². The second-order valence-electron chi connectivity index (χ2n) is 9.42. The van der Waals surface area contributed by atoms with E-state index >= 15 is 0 Å². The van der Waals surface area contributed by atoms with Gasteiger partial charge in [0.05, 0.1) is 5.39 Å². The Morgan fingerprint density at radius 3 is 2.93 bits per heavy atom. The van der Waals surface area contributed by atoms with Crippen LogP contribution < -0.4 is 5.32 Å². The van der Waals surface area contributed by atoms with Gasteiger partial charge in [0.1, 0.15) is 17.0 Å². The van der Waals surface area contributed by atoms with Crippen LogP contribution in [0.2, 0.25) is 0 Å². The van der Waals surface area contributed by atoms with Crippen LogP contribution in [-0.4, -0.2) is 39.9 Å². The summed E-state index contributed by atoms with van der Waals surface area (Å²) in [6.07, 6.45) is 6.64. The summed E-state index contributed by atoms with van der Waals surface area (Å²) in [5, 5.41) is 4.44. The van der Waals surface area contributed by atoms with E-state index in [0.29, 0.717) is 29.8 Å². The highest BCUT2D eigenvalue weighted by atomic mass is 32.1. The van der Waals surface area contributed by atoms with Crippen molar-refractivity contribution in [2.75, 3.05) is 18.4 Å². The Balaban J connectivity index is 1.39. The second-order valence-corrected chi connectivity index (χ2v) is 10.5. The number of amides is 1. The average Bonchev–Trinajstić information content (AvgIpc) is 3.12. The molecule has 2 aromatic rings. The standard InChI is InChI=1S/C21H30N4OS/c1-5-15-8-16-18(23-13-24-19(16)27-15)22-7-6-17(26)25-12-21(4)10-14(25)9-20(2,3)11-21/h8,13-14H,5-7,9-12H2,1-4H3,(H,22,23,24). The first-order valence-electron chi connectivity index (χ1n) is 10.1. The number of hydrogen-bond acceptors (Lipinski definition) is 5. The summed E-state index contributed by atoms with van der Waals surface area (Å²) in [6.45, 7) is 10.7. The number of carbonyl (C=O) groups is 1.